The van der Waals surface area contributed by atoms with E-state index in [1.165, 1.54) is 16.7 Å². The molecular weight excluding hydrogens is 352 g/mol. The number of hydrogen-bond acceptors (Lipinski definition) is 5. The average Bonchev–Trinajstić information content (AvgIpc) is 2.69. The van der Waals surface area contributed by atoms with Crippen molar-refractivity contribution in [2.24, 2.45) is 0 Å². The number of rotatable bonds is 7. The number of methoxy groups -OCH3 is 1. The minimum absolute atomic E-state index is 0.187. The van der Waals surface area contributed by atoms with Gasteiger partial charge in [0.05, 0.1) is 7.11 Å². The first-order valence-corrected chi connectivity index (χ1v) is 10.0. The number of hydrogen-bond donors (Lipinski definition) is 2. The number of aromatic hydroxyl groups is 1. The molecule has 2 aromatic carbocycles. The Kier molecular flexibility index (Phi) is 6.94. The van der Waals surface area contributed by atoms with E-state index >= 15 is 0 Å². The van der Waals surface area contributed by atoms with Gasteiger partial charge in [-0.3, -0.25) is 9.80 Å². The maximum Gasteiger partial charge on any atom is 0.122 e. The van der Waals surface area contributed by atoms with Gasteiger partial charge in [-0.15, -0.1) is 0 Å². The zero-order valence-electron chi connectivity index (χ0n) is 17.2. The van der Waals surface area contributed by atoms with Crippen molar-refractivity contribution in [3.8, 4) is 11.5 Å². The molecule has 0 aromatic heterocycles. The summed E-state index contributed by atoms with van der Waals surface area (Å²) in [6.45, 7) is 8.85. The Balaban J connectivity index is 1.70. The first kappa shape index (κ1) is 20.6. The Hall–Kier alpha value is -2.08. The van der Waals surface area contributed by atoms with E-state index in [9.17, 15) is 10.2 Å². The lowest BCUT2D eigenvalue weighted by atomic mass is 10.00. The minimum Gasteiger partial charge on any atom is -0.508 e. The normalized spacial score (nSPS) is 18.4. The molecule has 1 saturated heterocycles. The van der Waals surface area contributed by atoms with E-state index in [0.717, 1.165) is 50.5 Å². The van der Waals surface area contributed by atoms with Gasteiger partial charge in [0.15, 0.2) is 0 Å². The maximum absolute atomic E-state index is 10.1. The smallest absolute Gasteiger partial charge is 0.122 e. The molecule has 0 spiro atoms. The fourth-order valence-corrected chi connectivity index (χ4v) is 4.08. The molecule has 1 fully saturated rings. The summed E-state index contributed by atoms with van der Waals surface area (Å²) in [6.07, 6.45) is 0.755. The topological polar surface area (TPSA) is 56.2 Å². The van der Waals surface area contributed by atoms with Gasteiger partial charge in [0.2, 0.25) is 0 Å². The third-order valence-electron chi connectivity index (χ3n) is 5.98. The van der Waals surface area contributed by atoms with E-state index in [4.69, 9.17) is 4.74 Å². The first-order chi connectivity index (χ1) is 13.5. The highest BCUT2D eigenvalue weighted by atomic mass is 16.5. The molecule has 5 nitrogen and oxygen atoms in total. The summed E-state index contributed by atoms with van der Waals surface area (Å²) in [5.41, 5.74) is 4.74. The number of benzene rings is 2. The molecule has 0 bridgehead atoms. The van der Waals surface area contributed by atoms with Crippen LogP contribution in [0.25, 0.3) is 0 Å². The van der Waals surface area contributed by atoms with Crippen LogP contribution in [-0.4, -0.2) is 59.4 Å². The van der Waals surface area contributed by atoms with Crippen LogP contribution in [0.4, 0.5) is 0 Å². The molecule has 1 aliphatic rings. The maximum atomic E-state index is 10.1. The van der Waals surface area contributed by atoms with Crippen molar-refractivity contribution in [2.45, 2.75) is 39.4 Å². The Morgan fingerprint density at radius 2 is 1.79 bits per heavy atom. The molecule has 0 radical (unpaired) electrons. The number of para-hydroxylation sites is 1. The van der Waals surface area contributed by atoms with E-state index in [-0.39, 0.29) is 6.61 Å². The van der Waals surface area contributed by atoms with E-state index < -0.39 is 0 Å². The molecule has 0 saturated carbocycles. The summed E-state index contributed by atoms with van der Waals surface area (Å²) in [6, 6.07) is 12.0. The number of aliphatic hydroxyl groups excluding tert-OH is 1. The summed E-state index contributed by atoms with van der Waals surface area (Å²) in [7, 11) is 1.71. The van der Waals surface area contributed by atoms with E-state index in [1.807, 2.05) is 24.3 Å². The molecular formula is C23H32N2O3. The molecule has 1 atom stereocenters. The first-order valence-electron chi connectivity index (χ1n) is 10.0. The molecule has 0 unspecified atom stereocenters. The Bertz CT molecular complexity index is 793. The van der Waals surface area contributed by atoms with Gasteiger partial charge in [-0.05, 0) is 49.1 Å². The highest BCUT2D eigenvalue weighted by Gasteiger charge is 2.27. The largest absolute Gasteiger partial charge is 0.508 e. The second-order valence-electron chi connectivity index (χ2n) is 7.68. The van der Waals surface area contributed by atoms with Crippen LogP contribution in [0, 0.1) is 13.8 Å². The molecule has 28 heavy (non-hydrogen) atoms. The highest BCUT2D eigenvalue weighted by molar-refractivity contribution is 5.43. The SMILES string of the molecule is COc1ccc(CN2CCN(Cc3ccccc3O)C[C@@H]2CCO)c(C)c1C. The van der Waals surface area contributed by atoms with Gasteiger partial charge in [-0.25, -0.2) is 0 Å². The number of phenolic OH excluding ortho intramolecular Hbond substituents is 1. The summed E-state index contributed by atoms with van der Waals surface area (Å²) in [5, 5.41) is 19.7. The molecule has 1 heterocycles. The third kappa shape index (κ3) is 4.66. The van der Waals surface area contributed by atoms with Gasteiger partial charge in [-0.1, -0.05) is 24.3 Å². The standard InChI is InChI=1S/C23H32N2O3/c1-17-18(2)23(28-3)9-8-19(17)15-25-12-11-24(16-21(25)10-13-26)14-20-6-4-5-7-22(20)27/h4-9,21,26-27H,10-16H2,1-3H3/t21-/m0/s1. The lowest BCUT2D eigenvalue weighted by molar-refractivity contribution is 0.0495. The molecule has 1 aliphatic heterocycles. The number of aliphatic hydroxyl groups is 1. The van der Waals surface area contributed by atoms with Crippen molar-refractivity contribution < 1.29 is 14.9 Å². The van der Waals surface area contributed by atoms with Gasteiger partial charge in [0.1, 0.15) is 11.5 Å². The minimum atomic E-state index is 0.187. The Morgan fingerprint density at radius 3 is 2.50 bits per heavy atom. The highest BCUT2D eigenvalue weighted by Crippen LogP contribution is 2.27. The molecule has 152 valence electrons. The monoisotopic (exact) mass is 384 g/mol. The predicted molar refractivity (Wildman–Crippen MR) is 112 cm³/mol. The second-order valence-corrected chi connectivity index (χ2v) is 7.68. The molecule has 2 aromatic rings. The zero-order chi connectivity index (χ0) is 20.1. The van der Waals surface area contributed by atoms with E-state index in [0.29, 0.717) is 11.8 Å². The summed E-state index contributed by atoms with van der Waals surface area (Å²) < 4.78 is 5.44. The van der Waals surface area contributed by atoms with Crippen LogP contribution >= 0.6 is 0 Å². The fourth-order valence-electron chi connectivity index (χ4n) is 4.08. The van der Waals surface area contributed by atoms with Gasteiger partial charge < -0.3 is 14.9 Å². The van der Waals surface area contributed by atoms with Crippen molar-refractivity contribution in [2.75, 3.05) is 33.4 Å². The van der Waals surface area contributed by atoms with Crippen LogP contribution in [-0.2, 0) is 13.1 Å². The van der Waals surface area contributed by atoms with Crippen molar-refractivity contribution >= 4 is 0 Å². The fraction of sp³-hybridized carbons (Fsp3) is 0.478. The van der Waals surface area contributed by atoms with E-state index in [1.54, 1.807) is 13.2 Å². The van der Waals surface area contributed by atoms with Gasteiger partial charge in [0.25, 0.3) is 0 Å². The Morgan fingerprint density at radius 1 is 1.00 bits per heavy atom. The Labute approximate surface area is 168 Å². The number of phenols is 1. The van der Waals surface area contributed by atoms with Gasteiger partial charge in [0, 0.05) is 50.9 Å². The molecule has 3 rings (SSSR count). The van der Waals surface area contributed by atoms with Crippen molar-refractivity contribution in [1.82, 2.24) is 9.80 Å². The van der Waals surface area contributed by atoms with Crippen molar-refractivity contribution in [1.29, 1.82) is 0 Å². The van der Waals surface area contributed by atoms with Crippen molar-refractivity contribution in [3.05, 3.63) is 58.7 Å². The second kappa shape index (κ2) is 9.41. The lowest BCUT2D eigenvalue weighted by Gasteiger charge is -2.41. The predicted octanol–water partition coefficient (Wildman–Crippen LogP) is 3.09. The van der Waals surface area contributed by atoms with Crippen LogP contribution in [0.15, 0.2) is 36.4 Å². The van der Waals surface area contributed by atoms with Crippen LogP contribution < -0.4 is 4.74 Å². The summed E-state index contributed by atoms with van der Waals surface area (Å²) in [4.78, 5) is 4.85. The lowest BCUT2D eigenvalue weighted by Crippen LogP contribution is -2.52. The quantitative estimate of drug-likeness (QED) is 0.768. The van der Waals surface area contributed by atoms with Crippen LogP contribution in [0.3, 0.4) is 0 Å². The van der Waals surface area contributed by atoms with Crippen LogP contribution in [0.2, 0.25) is 0 Å². The van der Waals surface area contributed by atoms with Crippen LogP contribution in [0.1, 0.15) is 28.7 Å². The van der Waals surface area contributed by atoms with E-state index in [2.05, 4.69) is 29.7 Å². The zero-order valence-corrected chi connectivity index (χ0v) is 17.2. The van der Waals surface area contributed by atoms with Crippen LogP contribution in [0.5, 0.6) is 11.5 Å². The van der Waals surface area contributed by atoms with Gasteiger partial charge >= 0.3 is 0 Å². The third-order valence-corrected chi connectivity index (χ3v) is 5.98. The number of piperazine rings is 1. The molecule has 5 heteroatoms. The molecule has 2 N–H and O–H groups in total. The number of nitrogens with zero attached hydrogens (tertiary/aromatic N) is 2. The van der Waals surface area contributed by atoms with Crippen molar-refractivity contribution in [3.63, 3.8) is 0 Å². The van der Waals surface area contributed by atoms with Gasteiger partial charge in [-0.2, -0.15) is 0 Å². The average molecular weight is 385 g/mol. The summed E-state index contributed by atoms with van der Waals surface area (Å²) >= 11 is 0. The summed E-state index contributed by atoms with van der Waals surface area (Å²) in [5.74, 6) is 1.29. The molecule has 0 amide bonds. The number of ether oxygens (including phenoxy) is 1. The molecule has 0 aliphatic carbocycles.